The van der Waals surface area contributed by atoms with Crippen LogP contribution in [-0.4, -0.2) is 33.5 Å². The van der Waals surface area contributed by atoms with E-state index in [0.29, 0.717) is 11.3 Å². The molecule has 0 atom stereocenters. The lowest BCUT2D eigenvalue weighted by atomic mass is 10.3. The molecule has 0 aromatic rings. The van der Waals surface area contributed by atoms with Crippen molar-refractivity contribution in [2.45, 2.75) is 13.8 Å². The molecule has 0 aliphatic heterocycles. The quantitative estimate of drug-likeness (QED) is 0.404. The zero-order chi connectivity index (χ0) is 15.1. The molecule has 0 spiro atoms. The molecular formula is C12H19N3O3S. The zero-order valence-corrected chi connectivity index (χ0v) is 12.1. The number of allylic oxidation sites excluding steroid dienone is 3. The van der Waals surface area contributed by atoms with Crippen molar-refractivity contribution in [1.29, 1.82) is 0 Å². The Bertz CT molecular complexity index is 543. The smallest absolute Gasteiger partial charge is 0.244 e. The Morgan fingerprint density at radius 3 is 2.42 bits per heavy atom. The number of nitrogens with one attached hydrogen (secondary N) is 1. The molecular weight excluding hydrogens is 266 g/mol. The average molecular weight is 285 g/mol. The highest BCUT2D eigenvalue weighted by molar-refractivity contribution is 7.94. The standard InChI is InChI=1S/C12H19N3O3S/c1-5-11(19(4,17)18)10(3)15-8-14-7-6-9(2)12(13)16/h5-7,15H,1,8H2,2-4H3,(H2,13,16)/b9-6+,11-10-,14-7?. The van der Waals surface area contributed by atoms with Crippen molar-refractivity contribution in [1.82, 2.24) is 5.32 Å². The minimum Gasteiger partial charge on any atom is -0.369 e. The van der Waals surface area contributed by atoms with E-state index >= 15 is 0 Å². The molecule has 0 unspecified atom stereocenters. The van der Waals surface area contributed by atoms with Gasteiger partial charge in [0.2, 0.25) is 5.91 Å². The van der Waals surface area contributed by atoms with E-state index in [9.17, 15) is 13.2 Å². The second-order valence-electron chi connectivity index (χ2n) is 3.85. The molecule has 19 heavy (non-hydrogen) atoms. The van der Waals surface area contributed by atoms with Gasteiger partial charge in [0, 0.05) is 23.7 Å². The third kappa shape index (κ3) is 6.56. The highest BCUT2D eigenvalue weighted by atomic mass is 32.2. The first-order chi connectivity index (χ1) is 8.70. The predicted octanol–water partition coefficient (Wildman–Crippen LogP) is 0.498. The van der Waals surface area contributed by atoms with Crippen LogP contribution in [-0.2, 0) is 14.6 Å². The van der Waals surface area contributed by atoms with E-state index in [1.807, 2.05) is 0 Å². The van der Waals surface area contributed by atoms with Gasteiger partial charge in [-0.25, -0.2) is 8.42 Å². The molecule has 106 valence electrons. The molecule has 0 saturated heterocycles. The number of rotatable bonds is 7. The molecule has 0 radical (unpaired) electrons. The first-order valence-corrected chi connectivity index (χ1v) is 7.33. The highest BCUT2D eigenvalue weighted by Crippen LogP contribution is 2.09. The third-order valence-electron chi connectivity index (χ3n) is 2.21. The number of carbonyl (C=O) groups excluding carboxylic acids is 1. The lowest BCUT2D eigenvalue weighted by Crippen LogP contribution is -2.16. The van der Waals surface area contributed by atoms with Crippen molar-refractivity contribution in [3.05, 3.63) is 34.9 Å². The van der Waals surface area contributed by atoms with Crippen LogP contribution in [0.3, 0.4) is 0 Å². The minimum atomic E-state index is -3.31. The van der Waals surface area contributed by atoms with E-state index in [1.165, 1.54) is 18.4 Å². The van der Waals surface area contributed by atoms with Crippen molar-refractivity contribution in [2.24, 2.45) is 10.7 Å². The lowest BCUT2D eigenvalue weighted by molar-refractivity contribution is -0.114. The van der Waals surface area contributed by atoms with E-state index in [1.54, 1.807) is 13.8 Å². The topological polar surface area (TPSA) is 102 Å². The monoisotopic (exact) mass is 285 g/mol. The van der Waals surface area contributed by atoms with Crippen LogP contribution in [0.4, 0.5) is 0 Å². The van der Waals surface area contributed by atoms with Crippen molar-refractivity contribution >= 4 is 22.0 Å². The summed E-state index contributed by atoms with van der Waals surface area (Å²) in [6.07, 6.45) is 5.29. The van der Waals surface area contributed by atoms with E-state index in [-0.39, 0.29) is 11.6 Å². The van der Waals surface area contributed by atoms with Crippen molar-refractivity contribution < 1.29 is 13.2 Å². The van der Waals surface area contributed by atoms with Gasteiger partial charge in [0.15, 0.2) is 9.84 Å². The molecule has 6 nitrogen and oxygen atoms in total. The van der Waals surface area contributed by atoms with Crippen LogP contribution in [0.15, 0.2) is 39.9 Å². The highest BCUT2D eigenvalue weighted by Gasteiger charge is 2.10. The largest absolute Gasteiger partial charge is 0.369 e. The fourth-order valence-corrected chi connectivity index (χ4v) is 2.06. The van der Waals surface area contributed by atoms with E-state index < -0.39 is 15.7 Å². The maximum atomic E-state index is 11.4. The molecule has 0 saturated carbocycles. The van der Waals surface area contributed by atoms with E-state index in [2.05, 4.69) is 16.9 Å². The molecule has 0 aliphatic rings. The van der Waals surface area contributed by atoms with Gasteiger partial charge in [-0.05, 0) is 26.0 Å². The van der Waals surface area contributed by atoms with Crippen molar-refractivity contribution in [3.63, 3.8) is 0 Å². The van der Waals surface area contributed by atoms with Gasteiger partial charge in [-0.15, -0.1) is 0 Å². The summed E-state index contributed by atoms with van der Waals surface area (Å²) < 4.78 is 22.8. The summed E-state index contributed by atoms with van der Waals surface area (Å²) in [5, 5.41) is 2.83. The minimum absolute atomic E-state index is 0.131. The summed E-state index contributed by atoms with van der Waals surface area (Å²) in [7, 11) is -3.31. The summed E-state index contributed by atoms with van der Waals surface area (Å²) in [5.74, 6) is -0.512. The Hall–Kier alpha value is -1.89. The molecule has 0 aromatic carbocycles. The van der Waals surface area contributed by atoms with Gasteiger partial charge in [-0.3, -0.25) is 9.79 Å². The number of hydrogen-bond donors (Lipinski definition) is 2. The van der Waals surface area contributed by atoms with Crippen LogP contribution in [0.5, 0.6) is 0 Å². The second-order valence-corrected chi connectivity index (χ2v) is 5.83. The molecule has 3 N–H and O–H groups in total. The molecule has 1 amide bonds. The number of carbonyl (C=O) groups is 1. The number of amides is 1. The number of aliphatic imine (C=N–C) groups is 1. The summed E-state index contributed by atoms with van der Waals surface area (Å²) in [5.41, 5.74) is 5.89. The van der Waals surface area contributed by atoms with Gasteiger partial charge in [-0.1, -0.05) is 6.58 Å². The van der Waals surface area contributed by atoms with Crippen molar-refractivity contribution in [2.75, 3.05) is 12.9 Å². The Morgan fingerprint density at radius 2 is 2.00 bits per heavy atom. The Labute approximate surface area is 113 Å². The van der Waals surface area contributed by atoms with Gasteiger partial charge in [0.25, 0.3) is 0 Å². The second kappa shape index (κ2) is 7.52. The van der Waals surface area contributed by atoms with E-state index in [0.717, 1.165) is 6.26 Å². The number of nitrogens with zero attached hydrogens (tertiary/aromatic N) is 1. The summed E-state index contributed by atoms with van der Waals surface area (Å²) in [4.78, 5) is 14.8. The van der Waals surface area contributed by atoms with E-state index in [4.69, 9.17) is 5.73 Å². The third-order valence-corrected chi connectivity index (χ3v) is 3.48. The maximum Gasteiger partial charge on any atom is 0.244 e. The zero-order valence-electron chi connectivity index (χ0n) is 11.3. The lowest BCUT2D eigenvalue weighted by Gasteiger charge is -2.07. The summed E-state index contributed by atoms with van der Waals surface area (Å²) in [6.45, 7) is 6.84. The van der Waals surface area contributed by atoms with Crippen LogP contribution in [0.1, 0.15) is 13.8 Å². The van der Waals surface area contributed by atoms with Crippen LogP contribution in [0.2, 0.25) is 0 Å². The first-order valence-electron chi connectivity index (χ1n) is 5.44. The molecule has 0 heterocycles. The first kappa shape index (κ1) is 17.1. The van der Waals surface area contributed by atoms with Gasteiger partial charge < -0.3 is 11.1 Å². The number of nitrogens with two attached hydrogens (primary N) is 1. The Kier molecular flexibility index (Phi) is 6.78. The molecule has 7 heteroatoms. The van der Waals surface area contributed by atoms with Gasteiger partial charge in [0.1, 0.15) is 6.67 Å². The molecule has 0 aromatic heterocycles. The Balaban J connectivity index is 4.63. The van der Waals surface area contributed by atoms with Gasteiger partial charge >= 0.3 is 0 Å². The number of hydrogen-bond acceptors (Lipinski definition) is 5. The van der Waals surface area contributed by atoms with Gasteiger partial charge in [0.05, 0.1) is 4.91 Å². The van der Waals surface area contributed by atoms with Crippen LogP contribution < -0.4 is 11.1 Å². The molecule has 0 rings (SSSR count). The van der Waals surface area contributed by atoms with Crippen LogP contribution in [0.25, 0.3) is 0 Å². The molecule has 0 aliphatic carbocycles. The summed E-state index contributed by atoms with van der Waals surface area (Å²) >= 11 is 0. The van der Waals surface area contributed by atoms with Crippen molar-refractivity contribution in [3.8, 4) is 0 Å². The Morgan fingerprint density at radius 1 is 1.42 bits per heavy atom. The molecule has 0 fully saturated rings. The summed E-state index contributed by atoms with van der Waals surface area (Å²) in [6, 6.07) is 0. The molecule has 0 bridgehead atoms. The normalized spacial score (nSPS) is 14.2. The average Bonchev–Trinajstić information content (AvgIpc) is 2.26. The number of primary amides is 1. The SMILES string of the molecule is C=C/C(=C(\C)NCN=C/C=C(\C)C(N)=O)S(C)(=O)=O. The number of sulfone groups is 1. The van der Waals surface area contributed by atoms with Crippen LogP contribution >= 0.6 is 0 Å². The van der Waals surface area contributed by atoms with Crippen LogP contribution in [0, 0.1) is 0 Å². The fourth-order valence-electron chi connectivity index (χ4n) is 1.13. The fraction of sp³-hybridized carbons (Fsp3) is 0.333. The maximum absolute atomic E-state index is 11.4. The predicted molar refractivity (Wildman–Crippen MR) is 77.2 cm³/mol. The van der Waals surface area contributed by atoms with Gasteiger partial charge in [-0.2, -0.15) is 0 Å².